The van der Waals surface area contributed by atoms with E-state index in [0.717, 1.165) is 41.4 Å². The predicted molar refractivity (Wildman–Crippen MR) is 75.6 cm³/mol. The van der Waals surface area contributed by atoms with E-state index >= 15 is 0 Å². The van der Waals surface area contributed by atoms with Gasteiger partial charge in [-0.2, -0.15) is 0 Å². The Kier molecular flexibility index (Phi) is 3.67. The molecule has 0 fully saturated rings. The van der Waals surface area contributed by atoms with Crippen LogP contribution in [0.1, 0.15) is 44.4 Å². The molecule has 2 heteroatoms. The van der Waals surface area contributed by atoms with Gasteiger partial charge in [0.25, 0.3) is 0 Å². The first-order valence-corrected chi connectivity index (χ1v) is 6.69. The van der Waals surface area contributed by atoms with E-state index in [4.69, 9.17) is 0 Å². The summed E-state index contributed by atoms with van der Waals surface area (Å²) in [5, 5.41) is 11.8. The highest BCUT2D eigenvalue weighted by Crippen LogP contribution is 2.31. The highest BCUT2D eigenvalue weighted by Gasteiger charge is 2.26. The number of aliphatic hydroxyl groups is 1. The minimum atomic E-state index is -0.701. The van der Waals surface area contributed by atoms with E-state index < -0.39 is 5.60 Å². The zero-order valence-electron chi connectivity index (χ0n) is 11.4. The molecule has 0 amide bonds. The normalized spacial score (nSPS) is 14.7. The fraction of sp³-hybridized carbons (Fsp3) is 0.438. The fourth-order valence-corrected chi connectivity index (χ4v) is 2.46. The summed E-state index contributed by atoms with van der Waals surface area (Å²) in [7, 11) is 0. The maximum atomic E-state index is 10.7. The minimum absolute atomic E-state index is 0.701. The van der Waals surface area contributed by atoms with Gasteiger partial charge in [0.05, 0.1) is 11.1 Å². The minimum Gasteiger partial charge on any atom is -0.385 e. The molecule has 0 aliphatic heterocycles. The molecule has 0 bridgehead atoms. The number of nitrogens with zero attached hydrogens (tertiary/aromatic N) is 1. The summed E-state index contributed by atoms with van der Waals surface area (Å²) in [5.74, 6) is 0. The van der Waals surface area contributed by atoms with E-state index in [1.54, 1.807) is 0 Å². The molecule has 2 aromatic rings. The largest absolute Gasteiger partial charge is 0.385 e. The van der Waals surface area contributed by atoms with Gasteiger partial charge >= 0.3 is 0 Å². The Morgan fingerprint density at radius 2 is 1.94 bits per heavy atom. The van der Waals surface area contributed by atoms with Crippen LogP contribution in [0.3, 0.4) is 0 Å². The first kappa shape index (κ1) is 13.0. The molecule has 0 aliphatic rings. The maximum Gasteiger partial charge on any atom is 0.0894 e. The van der Waals surface area contributed by atoms with Crippen LogP contribution >= 0.6 is 0 Å². The number of benzene rings is 1. The van der Waals surface area contributed by atoms with E-state index in [9.17, 15) is 5.11 Å². The summed E-state index contributed by atoms with van der Waals surface area (Å²) >= 11 is 0. The molecule has 96 valence electrons. The monoisotopic (exact) mass is 243 g/mol. The van der Waals surface area contributed by atoms with Crippen molar-refractivity contribution in [3.05, 3.63) is 41.6 Å². The summed E-state index contributed by atoms with van der Waals surface area (Å²) < 4.78 is 0. The lowest BCUT2D eigenvalue weighted by Gasteiger charge is -2.27. The molecule has 0 saturated carbocycles. The van der Waals surface area contributed by atoms with Gasteiger partial charge in [0.15, 0.2) is 0 Å². The Bertz CT molecular complexity index is 550. The topological polar surface area (TPSA) is 33.1 Å². The zero-order chi connectivity index (χ0) is 13.2. The third kappa shape index (κ3) is 2.39. The van der Waals surface area contributed by atoms with Crippen LogP contribution in [0, 0.1) is 6.92 Å². The van der Waals surface area contributed by atoms with Crippen molar-refractivity contribution >= 4 is 10.9 Å². The molecule has 1 N–H and O–H groups in total. The highest BCUT2D eigenvalue weighted by molar-refractivity contribution is 5.79. The maximum absolute atomic E-state index is 10.7. The van der Waals surface area contributed by atoms with Crippen molar-refractivity contribution in [2.45, 2.75) is 45.6 Å². The van der Waals surface area contributed by atoms with Crippen LogP contribution in [0.25, 0.3) is 10.9 Å². The first-order chi connectivity index (χ1) is 8.59. The molecular weight excluding hydrogens is 222 g/mol. The number of hydrogen-bond acceptors (Lipinski definition) is 2. The number of hydrogen-bond donors (Lipinski definition) is 1. The first-order valence-electron chi connectivity index (χ1n) is 6.69. The number of fused-ring (bicyclic) bond motifs is 1. The van der Waals surface area contributed by atoms with Crippen LogP contribution in [0.5, 0.6) is 0 Å². The zero-order valence-corrected chi connectivity index (χ0v) is 11.4. The Morgan fingerprint density at radius 1 is 1.17 bits per heavy atom. The second kappa shape index (κ2) is 5.07. The van der Waals surface area contributed by atoms with Crippen molar-refractivity contribution in [2.75, 3.05) is 0 Å². The van der Waals surface area contributed by atoms with Crippen molar-refractivity contribution in [1.82, 2.24) is 4.98 Å². The standard InChI is InChI=1S/C16H21NO/c1-4-10-16(18,5-2)14-8-9-15-13(11-14)7-6-12(3)17-15/h6-9,11,18H,4-5,10H2,1-3H3. The Balaban J connectivity index is 2.49. The average molecular weight is 243 g/mol. The molecule has 2 nitrogen and oxygen atoms in total. The fourth-order valence-electron chi connectivity index (χ4n) is 2.46. The smallest absolute Gasteiger partial charge is 0.0894 e. The van der Waals surface area contributed by atoms with Crippen molar-refractivity contribution in [3.8, 4) is 0 Å². The molecule has 0 spiro atoms. The molecule has 1 aromatic carbocycles. The van der Waals surface area contributed by atoms with Crippen LogP contribution in [-0.2, 0) is 5.60 Å². The average Bonchev–Trinajstić information content (AvgIpc) is 2.38. The highest BCUT2D eigenvalue weighted by atomic mass is 16.3. The Labute approximate surface area is 109 Å². The van der Waals surface area contributed by atoms with E-state index in [0.29, 0.717) is 0 Å². The summed E-state index contributed by atoms with van der Waals surface area (Å²) in [6, 6.07) is 10.2. The van der Waals surface area contributed by atoms with Gasteiger partial charge in [0.2, 0.25) is 0 Å². The summed E-state index contributed by atoms with van der Waals surface area (Å²) in [6.45, 7) is 6.13. The molecule has 0 radical (unpaired) electrons. The lowest BCUT2D eigenvalue weighted by atomic mass is 9.86. The Morgan fingerprint density at radius 3 is 2.61 bits per heavy atom. The number of aromatic nitrogens is 1. The quantitative estimate of drug-likeness (QED) is 0.882. The van der Waals surface area contributed by atoms with Gasteiger partial charge in [0, 0.05) is 11.1 Å². The van der Waals surface area contributed by atoms with Gasteiger partial charge in [-0.15, -0.1) is 0 Å². The second-order valence-corrected chi connectivity index (χ2v) is 5.00. The summed E-state index contributed by atoms with van der Waals surface area (Å²) in [6.07, 6.45) is 2.52. The van der Waals surface area contributed by atoms with Crippen LogP contribution in [-0.4, -0.2) is 10.1 Å². The molecule has 2 rings (SSSR count). The van der Waals surface area contributed by atoms with Crippen molar-refractivity contribution in [2.24, 2.45) is 0 Å². The van der Waals surface area contributed by atoms with E-state index in [1.807, 2.05) is 32.0 Å². The van der Waals surface area contributed by atoms with Crippen LogP contribution in [0.15, 0.2) is 30.3 Å². The van der Waals surface area contributed by atoms with Gasteiger partial charge in [0.1, 0.15) is 0 Å². The van der Waals surface area contributed by atoms with Crippen LogP contribution in [0.4, 0.5) is 0 Å². The number of pyridine rings is 1. The van der Waals surface area contributed by atoms with Crippen molar-refractivity contribution in [1.29, 1.82) is 0 Å². The SMILES string of the molecule is CCCC(O)(CC)c1ccc2nc(C)ccc2c1. The van der Waals surface area contributed by atoms with Crippen molar-refractivity contribution < 1.29 is 5.11 Å². The summed E-state index contributed by atoms with van der Waals surface area (Å²) in [4.78, 5) is 4.49. The summed E-state index contributed by atoms with van der Waals surface area (Å²) in [5.41, 5.74) is 2.32. The molecule has 1 atom stereocenters. The Hall–Kier alpha value is -1.41. The van der Waals surface area contributed by atoms with Crippen molar-refractivity contribution in [3.63, 3.8) is 0 Å². The predicted octanol–water partition coefficient (Wildman–Crippen LogP) is 3.94. The van der Waals surface area contributed by atoms with Crippen LogP contribution < -0.4 is 0 Å². The van der Waals surface area contributed by atoms with E-state index in [1.165, 1.54) is 0 Å². The lowest BCUT2D eigenvalue weighted by Crippen LogP contribution is -2.24. The van der Waals surface area contributed by atoms with Gasteiger partial charge in [-0.05, 0) is 43.5 Å². The van der Waals surface area contributed by atoms with Gasteiger partial charge < -0.3 is 5.11 Å². The van der Waals surface area contributed by atoms with E-state index in [2.05, 4.69) is 24.0 Å². The molecule has 0 saturated heterocycles. The van der Waals surface area contributed by atoms with Gasteiger partial charge in [-0.3, -0.25) is 4.98 Å². The third-order valence-corrected chi connectivity index (χ3v) is 3.61. The number of aryl methyl sites for hydroxylation is 1. The van der Waals surface area contributed by atoms with Gasteiger partial charge in [-0.25, -0.2) is 0 Å². The molecule has 1 heterocycles. The third-order valence-electron chi connectivity index (χ3n) is 3.61. The van der Waals surface area contributed by atoms with Crippen LogP contribution in [0.2, 0.25) is 0 Å². The lowest BCUT2D eigenvalue weighted by molar-refractivity contribution is 0.0227. The molecule has 1 unspecified atom stereocenters. The number of rotatable bonds is 4. The van der Waals surface area contributed by atoms with E-state index in [-0.39, 0.29) is 0 Å². The second-order valence-electron chi connectivity index (χ2n) is 5.00. The molecule has 0 aliphatic carbocycles. The molecule has 18 heavy (non-hydrogen) atoms. The van der Waals surface area contributed by atoms with Gasteiger partial charge in [-0.1, -0.05) is 32.4 Å². The molecule has 1 aromatic heterocycles. The molecular formula is C16H21NO.